The summed E-state index contributed by atoms with van der Waals surface area (Å²) in [7, 11) is 3.15. The van der Waals surface area contributed by atoms with Gasteiger partial charge in [-0.25, -0.2) is 4.98 Å². The maximum atomic E-state index is 13.4. The lowest BCUT2D eigenvalue weighted by Crippen LogP contribution is -2.29. The Labute approximate surface area is 205 Å². The minimum Gasteiger partial charge on any atom is -0.507 e. The van der Waals surface area contributed by atoms with Crippen molar-refractivity contribution in [2.75, 3.05) is 19.1 Å². The van der Waals surface area contributed by atoms with Crippen molar-refractivity contribution in [3.63, 3.8) is 0 Å². The number of aryl methyl sites for hydroxylation is 1. The van der Waals surface area contributed by atoms with Crippen molar-refractivity contribution < 1.29 is 24.2 Å². The van der Waals surface area contributed by atoms with Crippen molar-refractivity contribution >= 4 is 44.1 Å². The van der Waals surface area contributed by atoms with Crippen molar-refractivity contribution in [1.29, 1.82) is 0 Å². The standard InChI is InChI=1S/C27H22N2O5S/c1-15-13-17(9-12-20(15)34-3)24(30)22-23(16-7-5-4-6-8-16)29(26(32)25(22)31)27-28-19-11-10-18(33-2)14-21(19)35-27/h4-14,23,30H,1-3H3/b24-22+. The van der Waals surface area contributed by atoms with Crippen molar-refractivity contribution in [3.05, 3.63) is 89.0 Å². The fourth-order valence-corrected chi connectivity index (χ4v) is 5.31. The second-order valence-electron chi connectivity index (χ2n) is 8.09. The summed E-state index contributed by atoms with van der Waals surface area (Å²) in [6.45, 7) is 1.85. The van der Waals surface area contributed by atoms with Gasteiger partial charge in [-0.15, -0.1) is 0 Å². The first-order valence-electron chi connectivity index (χ1n) is 10.9. The first-order chi connectivity index (χ1) is 16.9. The first kappa shape index (κ1) is 22.6. The number of amides is 1. The van der Waals surface area contributed by atoms with Gasteiger partial charge in [0, 0.05) is 5.56 Å². The lowest BCUT2D eigenvalue weighted by atomic mass is 9.95. The lowest BCUT2D eigenvalue weighted by Gasteiger charge is -2.23. The van der Waals surface area contributed by atoms with Gasteiger partial charge in [-0.2, -0.15) is 0 Å². The van der Waals surface area contributed by atoms with Gasteiger partial charge < -0.3 is 14.6 Å². The molecule has 1 aromatic heterocycles. The summed E-state index contributed by atoms with van der Waals surface area (Å²) in [4.78, 5) is 32.7. The van der Waals surface area contributed by atoms with Gasteiger partial charge in [0.15, 0.2) is 5.13 Å². The fourth-order valence-electron chi connectivity index (χ4n) is 4.28. The molecule has 176 valence electrons. The molecule has 1 unspecified atom stereocenters. The van der Waals surface area contributed by atoms with Crippen LogP contribution in [0, 0.1) is 6.92 Å². The summed E-state index contributed by atoms with van der Waals surface area (Å²) < 4.78 is 11.4. The molecule has 2 heterocycles. The number of ether oxygens (including phenoxy) is 2. The van der Waals surface area contributed by atoms with E-state index in [1.165, 1.54) is 16.2 Å². The molecule has 0 saturated carbocycles. The van der Waals surface area contributed by atoms with Crippen LogP contribution in [0.5, 0.6) is 11.5 Å². The highest BCUT2D eigenvalue weighted by atomic mass is 32.1. The SMILES string of the molecule is COc1ccc2nc(N3C(=O)C(=O)/C(=C(/O)c4ccc(OC)c(C)c4)C3c3ccccc3)sc2c1. The number of nitrogens with zero attached hydrogens (tertiary/aromatic N) is 2. The Morgan fingerprint density at radius 3 is 2.46 bits per heavy atom. The molecule has 0 aliphatic carbocycles. The number of methoxy groups -OCH3 is 2. The van der Waals surface area contributed by atoms with Crippen molar-refractivity contribution in [2.45, 2.75) is 13.0 Å². The molecule has 35 heavy (non-hydrogen) atoms. The number of fused-ring (bicyclic) bond motifs is 1. The lowest BCUT2D eigenvalue weighted by molar-refractivity contribution is -0.132. The predicted octanol–water partition coefficient (Wildman–Crippen LogP) is 5.25. The van der Waals surface area contributed by atoms with Crippen molar-refractivity contribution in [2.24, 2.45) is 0 Å². The highest BCUT2D eigenvalue weighted by molar-refractivity contribution is 7.22. The molecule has 0 radical (unpaired) electrons. The molecule has 1 amide bonds. The van der Waals surface area contributed by atoms with Crippen LogP contribution < -0.4 is 14.4 Å². The van der Waals surface area contributed by atoms with E-state index < -0.39 is 17.7 Å². The number of carbonyl (C=O) groups excluding carboxylic acids is 2. The van der Waals surface area contributed by atoms with E-state index >= 15 is 0 Å². The van der Waals surface area contributed by atoms with E-state index in [1.54, 1.807) is 38.5 Å². The Hall–Kier alpha value is -4.17. The topological polar surface area (TPSA) is 89.0 Å². The monoisotopic (exact) mass is 486 g/mol. The van der Waals surface area contributed by atoms with Gasteiger partial charge in [0.1, 0.15) is 17.3 Å². The zero-order valence-electron chi connectivity index (χ0n) is 19.3. The highest BCUT2D eigenvalue weighted by Gasteiger charge is 2.48. The quantitative estimate of drug-likeness (QED) is 0.236. The number of rotatable bonds is 5. The first-order valence-corrected chi connectivity index (χ1v) is 11.7. The van der Waals surface area contributed by atoms with Crippen LogP contribution in [0.2, 0.25) is 0 Å². The van der Waals surface area contributed by atoms with E-state index in [-0.39, 0.29) is 11.3 Å². The predicted molar refractivity (Wildman–Crippen MR) is 135 cm³/mol. The van der Waals surface area contributed by atoms with Gasteiger partial charge in [0.25, 0.3) is 5.78 Å². The van der Waals surface area contributed by atoms with E-state index in [9.17, 15) is 14.7 Å². The summed E-state index contributed by atoms with van der Waals surface area (Å²) in [5, 5.41) is 11.7. The number of Topliss-reactive ketones (excluding diaryl/α,β-unsaturated/α-hetero) is 1. The summed E-state index contributed by atoms with van der Waals surface area (Å²) in [6.07, 6.45) is 0. The largest absolute Gasteiger partial charge is 0.507 e. The average Bonchev–Trinajstić information content (AvgIpc) is 3.41. The van der Waals surface area contributed by atoms with Crippen LogP contribution in [-0.4, -0.2) is 36.0 Å². The van der Waals surface area contributed by atoms with Gasteiger partial charge in [-0.05, 0) is 54.4 Å². The van der Waals surface area contributed by atoms with E-state index in [1.807, 2.05) is 49.4 Å². The maximum absolute atomic E-state index is 13.4. The molecule has 4 aromatic rings. The third-order valence-electron chi connectivity index (χ3n) is 6.02. The molecule has 0 spiro atoms. The Morgan fingerprint density at radius 2 is 1.77 bits per heavy atom. The number of anilines is 1. The van der Waals surface area contributed by atoms with Crippen LogP contribution >= 0.6 is 11.3 Å². The molecule has 0 bridgehead atoms. The van der Waals surface area contributed by atoms with Crippen LogP contribution in [0.15, 0.2) is 72.3 Å². The zero-order valence-corrected chi connectivity index (χ0v) is 20.1. The number of hydrogen-bond acceptors (Lipinski definition) is 7. The second kappa shape index (κ2) is 8.88. The van der Waals surface area contributed by atoms with Gasteiger partial charge in [0.2, 0.25) is 0 Å². The number of benzene rings is 3. The zero-order chi connectivity index (χ0) is 24.7. The summed E-state index contributed by atoms with van der Waals surface area (Å²) in [6, 6.07) is 18.9. The van der Waals surface area contributed by atoms with Gasteiger partial charge in [0.05, 0.1) is 36.1 Å². The van der Waals surface area contributed by atoms with Gasteiger partial charge >= 0.3 is 5.91 Å². The number of thiazole rings is 1. The molecule has 1 aliphatic heterocycles. The molecule has 8 heteroatoms. The Kier molecular flexibility index (Phi) is 5.74. The van der Waals surface area contributed by atoms with Gasteiger partial charge in [-0.3, -0.25) is 14.5 Å². The van der Waals surface area contributed by atoms with E-state index in [4.69, 9.17) is 9.47 Å². The van der Waals surface area contributed by atoms with Crippen molar-refractivity contribution in [1.82, 2.24) is 4.98 Å². The molecule has 7 nitrogen and oxygen atoms in total. The van der Waals surface area contributed by atoms with E-state index in [0.29, 0.717) is 33.3 Å². The van der Waals surface area contributed by atoms with E-state index in [2.05, 4.69) is 4.98 Å². The molecule has 1 N–H and O–H groups in total. The number of aromatic nitrogens is 1. The summed E-state index contributed by atoms with van der Waals surface area (Å²) >= 11 is 1.29. The minimum absolute atomic E-state index is 0.0163. The van der Waals surface area contributed by atoms with Crippen molar-refractivity contribution in [3.8, 4) is 11.5 Å². The molecule has 1 saturated heterocycles. The number of aliphatic hydroxyl groups excluding tert-OH is 1. The third-order valence-corrected chi connectivity index (χ3v) is 7.04. The molecule has 1 atom stereocenters. The molecule has 5 rings (SSSR count). The summed E-state index contributed by atoms with van der Waals surface area (Å²) in [5.41, 5.74) is 2.61. The minimum atomic E-state index is -0.832. The molecule has 1 aliphatic rings. The Morgan fingerprint density at radius 1 is 1.00 bits per heavy atom. The number of hydrogen-bond donors (Lipinski definition) is 1. The average molecular weight is 487 g/mol. The number of ketones is 1. The second-order valence-corrected chi connectivity index (χ2v) is 9.10. The maximum Gasteiger partial charge on any atom is 0.301 e. The molecular formula is C27H22N2O5S. The van der Waals surface area contributed by atoms with Crippen LogP contribution in [0.3, 0.4) is 0 Å². The van der Waals surface area contributed by atoms with Crippen LogP contribution in [0.1, 0.15) is 22.7 Å². The number of aliphatic hydroxyl groups is 1. The number of carbonyl (C=O) groups is 2. The third kappa shape index (κ3) is 3.81. The highest BCUT2D eigenvalue weighted by Crippen LogP contribution is 2.44. The summed E-state index contributed by atoms with van der Waals surface area (Å²) in [5.74, 6) is -0.415. The fraction of sp³-hybridized carbons (Fsp3) is 0.148. The smallest absolute Gasteiger partial charge is 0.301 e. The van der Waals surface area contributed by atoms with E-state index in [0.717, 1.165) is 10.3 Å². The van der Waals surface area contributed by atoms with Crippen LogP contribution in [0.25, 0.3) is 16.0 Å². The molecular weight excluding hydrogens is 464 g/mol. The van der Waals surface area contributed by atoms with Gasteiger partial charge in [-0.1, -0.05) is 41.7 Å². The van der Waals surface area contributed by atoms with Crippen LogP contribution in [-0.2, 0) is 9.59 Å². The Balaban J connectivity index is 1.70. The molecule has 3 aromatic carbocycles. The Bertz CT molecular complexity index is 1490. The molecule has 1 fully saturated rings. The normalized spacial score (nSPS) is 17.2. The van der Waals surface area contributed by atoms with Crippen LogP contribution in [0.4, 0.5) is 5.13 Å².